The largest absolute Gasteiger partial charge is 0.342 e. The predicted octanol–water partition coefficient (Wildman–Crippen LogP) is 1.88. The zero-order valence-electron chi connectivity index (χ0n) is 11.5. The lowest BCUT2D eigenvalue weighted by Crippen LogP contribution is -2.44. The second kappa shape index (κ2) is 4.97. The van der Waals surface area contributed by atoms with Gasteiger partial charge in [-0.05, 0) is 37.6 Å². The van der Waals surface area contributed by atoms with Crippen LogP contribution in [0.1, 0.15) is 40.0 Å². The number of likely N-dealkylation sites (tertiary alicyclic amines) is 1. The molecule has 0 radical (unpaired) electrons. The fourth-order valence-corrected chi connectivity index (χ4v) is 3.23. The van der Waals surface area contributed by atoms with Crippen LogP contribution in [0.15, 0.2) is 0 Å². The van der Waals surface area contributed by atoms with Gasteiger partial charge in [0.15, 0.2) is 0 Å². The lowest BCUT2D eigenvalue weighted by molar-refractivity contribution is -0.140. The van der Waals surface area contributed by atoms with Crippen molar-refractivity contribution in [2.75, 3.05) is 26.2 Å². The summed E-state index contributed by atoms with van der Waals surface area (Å²) in [7, 11) is 0. The molecule has 0 aromatic heterocycles. The Balaban J connectivity index is 2.01. The van der Waals surface area contributed by atoms with Crippen LogP contribution in [-0.4, -0.2) is 37.0 Å². The Labute approximate surface area is 105 Å². The topological polar surface area (TPSA) is 32.3 Å². The van der Waals surface area contributed by atoms with Crippen molar-refractivity contribution >= 4 is 5.91 Å². The number of amides is 1. The van der Waals surface area contributed by atoms with Crippen LogP contribution in [0, 0.1) is 17.3 Å². The van der Waals surface area contributed by atoms with E-state index in [1.54, 1.807) is 0 Å². The van der Waals surface area contributed by atoms with Crippen molar-refractivity contribution in [2.24, 2.45) is 17.3 Å². The molecule has 2 heterocycles. The molecule has 0 aliphatic carbocycles. The van der Waals surface area contributed by atoms with E-state index in [0.29, 0.717) is 17.7 Å². The summed E-state index contributed by atoms with van der Waals surface area (Å²) in [4.78, 5) is 14.8. The molecule has 0 spiro atoms. The van der Waals surface area contributed by atoms with Gasteiger partial charge in [-0.1, -0.05) is 20.8 Å². The van der Waals surface area contributed by atoms with Gasteiger partial charge >= 0.3 is 0 Å². The molecule has 17 heavy (non-hydrogen) atoms. The van der Waals surface area contributed by atoms with Gasteiger partial charge < -0.3 is 10.2 Å². The van der Waals surface area contributed by atoms with E-state index in [1.807, 2.05) is 0 Å². The fraction of sp³-hybridized carbons (Fsp3) is 0.929. The van der Waals surface area contributed by atoms with Crippen molar-refractivity contribution < 1.29 is 4.79 Å². The number of rotatable bonds is 3. The summed E-state index contributed by atoms with van der Waals surface area (Å²) < 4.78 is 0. The van der Waals surface area contributed by atoms with Crippen LogP contribution in [0.25, 0.3) is 0 Å². The summed E-state index contributed by atoms with van der Waals surface area (Å²) in [6, 6.07) is 0. The summed E-state index contributed by atoms with van der Waals surface area (Å²) in [5, 5.41) is 3.35. The van der Waals surface area contributed by atoms with Crippen molar-refractivity contribution in [3.05, 3.63) is 0 Å². The zero-order chi connectivity index (χ0) is 12.5. The van der Waals surface area contributed by atoms with Gasteiger partial charge in [-0.2, -0.15) is 0 Å². The predicted molar refractivity (Wildman–Crippen MR) is 69.7 cm³/mol. The minimum Gasteiger partial charge on any atom is -0.342 e. The molecule has 3 heteroatoms. The average Bonchev–Trinajstić information content (AvgIpc) is 2.98. The maximum absolute atomic E-state index is 12.7. The molecule has 2 unspecified atom stereocenters. The first-order valence-electron chi connectivity index (χ1n) is 7.09. The third-order valence-corrected chi connectivity index (χ3v) is 4.83. The first kappa shape index (κ1) is 12.9. The molecule has 2 aliphatic rings. The van der Waals surface area contributed by atoms with Crippen LogP contribution < -0.4 is 5.32 Å². The fourth-order valence-electron chi connectivity index (χ4n) is 3.23. The Kier molecular flexibility index (Phi) is 3.76. The van der Waals surface area contributed by atoms with Gasteiger partial charge in [-0.15, -0.1) is 0 Å². The molecule has 0 aromatic carbocycles. The third kappa shape index (κ3) is 2.35. The number of carbonyl (C=O) groups excluding carboxylic acids is 1. The van der Waals surface area contributed by atoms with Crippen LogP contribution in [0.5, 0.6) is 0 Å². The summed E-state index contributed by atoms with van der Waals surface area (Å²) >= 11 is 0. The van der Waals surface area contributed by atoms with E-state index in [4.69, 9.17) is 0 Å². The first-order valence-corrected chi connectivity index (χ1v) is 7.09. The van der Waals surface area contributed by atoms with Crippen molar-refractivity contribution in [3.63, 3.8) is 0 Å². The Hall–Kier alpha value is -0.570. The second-order valence-corrected chi connectivity index (χ2v) is 6.10. The summed E-state index contributed by atoms with van der Waals surface area (Å²) in [5.74, 6) is 1.82. The van der Waals surface area contributed by atoms with E-state index in [9.17, 15) is 4.79 Å². The molecular weight excluding hydrogens is 212 g/mol. The van der Waals surface area contributed by atoms with Gasteiger partial charge in [0.1, 0.15) is 0 Å². The maximum Gasteiger partial charge on any atom is 0.230 e. The van der Waals surface area contributed by atoms with E-state index in [1.165, 1.54) is 6.42 Å². The summed E-state index contributed by atoms with van der Waals surface area (Å²) in [6.07, 6.45) is 3.18. The van der Waals surface area contributed by atoms with Gasteiger partial charge in [0.25, 0.3) is 0 Å². The number of carbonyl (C=O) groups is 1. The molecule has 2 aliphatic heterocycles. The second-order valence-electron chi connectivity index (χ2n) is 6.10. The molecule has 0 saturated carbocycles. The Bertz CT molecular complexity index is 282. The van der Waals surface area contributed by atoms with Gasteiger partial charge in [-0.25, -0.2) is 0 Å². The molecule has 3 nitrogen and oxygen atoms in total. The van der Waals surface area contributed by atoms with Crippen molar-refractivity contribution in [3.8, 4) is 0 Å². The number of nitrogens with zero attached hydrogens (tertiary/aromatic N) is 1. The van der Waals surface area contributed by atoms with Crippen molar-refractivity contribution in [1.29, 1.82) is 0 Å². The van der Waals surface area contributed by atoms with E-state index in [2.05, 4.69) is 31.0 Å². The highest BCUT2D eigenvalue weighted by Crippen LogP contribution is 2.34. The molecule has 2 atom stereocenters. The van der Waals surface area contributed by atoms with Crippen molar-refractivity contribution in [2.45, 2.75) is 40.0 Å². The highest BCUT2D eigenvalue weighted by Gasteiger charge is 2.43. The van der Waals surface area contributed by atoms with Crippen LogP contribution in [0.3, 0.4) is 0 Å². The normalized spacial score (nSPS) is 33.6. The van der Waals surface area contributed by atoms with Gasteiger partial charge in [0, 0.05) is 19.6 Å². The Morgan fingerprint density at radius 1 is 1.53 bits per heavy atom. The quantitative estimate of drug-likeness (QED) is 0.814. The lowest BCUT2D eigenvalue weighted by atomic mass is 9.83. The molecule has 1 N–H and O–H groups in total. The molecule has 1 amide bonds. The minimum atomic E-state index is -0.0914. The zero-order valence-corrected chi connectivity index (χ0v) is 11.5. The Morgan fingerprint density at radius 3 is 2.76 bits per heavy atom. The highest BCUT2D eigenvalue weighted by molar-refractivity contribution is 5.83. The monoisotopic (exact) mass is 238 g/mol. The third-order valence-electron chi connectivity index (χ3n) is 4.83. The number of nitrogens with one attached hydrogen (secondary N) is 1. The number of hydrogen-bond donors (Lipinski definition) is 1. The van der Waals surface area contributed by atoms with E-state index in [0.717, 1.165) is 39.0 Å². The molecule has 98 valence electrons. The highest BCUT2D eigenvalue weighted by atomic mass is 16.2. The smallest absolute Gasteiger partial charge is 0.230 e. The van der Waals surface area contributed by atoms with Crippen LogP contribution in [0.4, 0.5) is 0 Å². The van der Waals surface area contributed by atoms with E-state index in [-0.39, 0.29) is 5.41 Å². The minimum absolute atomic E-state index is 0.0914. The average molecular weight is 238 g/mol. The van der Waals surface area contributed by atoms with Crippen LogP contribution >= 0.6 is 0 Å². The summed E-state index contributed by atoms with van der Waals surface area (Å²) in [6.45, 7) is 10.5. The van der Waals surface area contributed by atoms with Crippen molar-refractivity contribution in [1.82, 2.24) is 10.2 Å². The van der Waals surface area contributed by atoms with Gasteiger partial charge in [0.05, 0.1) is 5.41 Å². The molecule has 2 rings (SSSR count). The lowest BCUT2D eigenvalue weighted by Gasteiger charge is -2.31. The molecule has 2 fully saturated rings. The van der Waals surface area contributed by atoms with Crippen LogP contribution in [-0.2, 0) is 4.79 Å². The maximum atomic E-state index is 12.7. The van der Waals surface area contributed by atoms with Gasteiger partial charge in [0.2, 0.25) is 5.91 Å². The Morgan fingerprint density at radius 2 is 2.29 bits per heavy atom. The van der Waals surface area contributed by atoms with Crippen LogP contribution in [0.2, 0.25) is 0 Å². The molecule has 2 saturated heterocycles. The molecule has 0 bridgehead atoms. The van der Waals surface area contributed by atoms with E-state index >= 15 is 0 Å². The standard InChI is InChI=1S/C14H26N2O/c1-4-14(6-7-15-10-14)13(17)16-8-5-12(9-16)11(2)3/h11-12,15H,4-10H2,1-3H3. The van der Waals surface area contributed by atoms with Gasteiger partial charge in [-0.3, -0.25) is 4.79 Å². The number of hydrogen-bond acceptors (Lipinski definition) is 2. The van der Waals surface area contributed by atoms with E-state index < -0.39 is 0 Å². The molecule has 0 aromatic rings. The molecular formula is C14H26N2O. The first-order chi connectivity index (χ1) is 8.09. The summed E-state index contributed by atoms with van der Waals surface area (Å²) in [5.41, 5.74) is -0.0914. The SMILES string of the molecule is CCC1(C(=O)N2CCC(C(C)C)C2)CCNC1.